The van der Waals surface area contributed by atoms with Gasteiger partial charge in [-0.05, 0) is 38.8 Å². The van der Waals surface area contributed by atoms with Crippen molar-refractivity contribution in [1.82, 2.24) is 29.5 Å². The van der Waals surface area contributed by atoms with E-state index in [2.05, 4.69) is 20.3 Å². The number of alkyl halides is 3. The third-order valence-corrected chi connectivity index (χ3v) is 5.83. The number of aromatic amines is 1. The lowest BCUT2D eigenvalue weighted by Gasteiger charge is -2.11. The van der Waals surface area contributed by atoms with E-state index >= 15 is 0 Å². The quantitative estimate of drug-likeness (QED) is 0.349. The van der Waals surface area contributed by atoms with Gasteiger partial charge in [0.05, 0.1) is 23.0 Å². The summed E-state index contributed by atoms with van der Waals surface area (Å²) in [6, 6.07) is 8.82. The number of aryl methyl sites for hydroxylation is 1. The molecule has 0 radical (unpaired) electrons. The van der Waals surface area contributed by atoms with Gasteiger partial charge in [0, 0.05) is 24.3 Å². The first-order valence-corrected chi connectivity index (χ1v) is 11.2. The van der Waals surface area contributed by atoms with Crippen molar-refractivity contribution < 1.29 is 13.2 Å². The number of rotatable bonds is 7. The Labute approximate surface area is 199 Å². The summed E-state index contributed by atoms with van der Waals surface area (Å²) >= 11 is 6.32. The second-order valence-electron chi connectivity index (χ2n) is 8.33. The van der Waals surface area contributed by atoms with Crippen LogP contribution in [0.15, 0.2) is 42.7 Å². The van der Waals surface area contributed by atoms with Crippen molar-refractivity contribution in [3.8, 4) is 22.8 Å². The number of benzene rings is 1. The van der Waals surface area contributed by atoms with Crippen molar-refractivity contribution in [2.75, 3.05) is 0 Å². The second-order valence-corrected chi connectivity index (χ2v) is 8.74. The Kier molecular flexibility index (Phi) is 6.55. The molecule has 0 spiro atoms. The number of halogens is 4. The number of aromatic nitrogens is 6. The molecule has 1 atom stereocenters. The summed E-state index contributed by atoms with van der Waals surface area (Å²) in [5.41, 5.74) is 9.17. The minimum Gasteiger partial charge on any atom is -0.331 e. The van der Waals surface area contributed by atoms with Crippen LogP contribution in [0.4, 0.5) is 13.2 Å². The largest absolute Gasteiger partial charge is 0.434 e. The van der Waals surface area contributed by atoms with Crippen LogP contribution < -0.4 is 5.73 Å². The predicted octanol–water partition coefficient (Wildman–Crippen LogP) is 5.65. The summed E-state index contributed by atoms with van der Waals surface area (Å²) in [6.45, 7) is 6.17. The number of imidazole rings is 1. The van der Waals surface area contributed by atoms with Crippen LogP contribution in [0.1, 0.15) is 49.8 Å². The van der Waals surface area contributed by atoms with Crippen molar-refractivity contribution >= 4 is 11.6 Å². The van der Waals surface area contributed by atoms with Crippen molar-refractivity contribution in [2.45, 2.75) is 52.0 Å². The molecule has 11 heteroatoms. The SMILES string of the molecule is CCn1cc(C(F)(F)F)nc1-c1ccc(CC(N)c2cc(-c3c(Cl)cnn3C(C)C)n[nH]2)cc1. The molecule has 34 heavy (non-hydrogen) atoms. The third-order valence-electron chi connectivity index (χ3n) is 5.56. The Morgan fingerprint density at radius 3 is 2.50 bits per heavy atom. The van der Waals surface area contributed by atoms with Gasteiger partial charge in [-0.1, -0.05) is 35.9 Å². The average Bonchev–Trinajstić information content (AvgIpc) is 3.51. The fourth-order valence-corrected chi connectivity index (χ4v) is 4.03. The minimum atomic E-state index is -4.48. The number of hydrogen-bond donors (Lipinski definition) is 2. The molecule has 1 aromatic carbocycles. The lowest BCUT2D eigenvalue weighted by atomic mass is 10.0. The number of nitrogens with one attached hydrogen (secondary N) is 1. The fourth-order valence-electron chi connectivity index (χ4n) is 3.80. The molecule has 0 aliphatic rings. The Balaban J connectivity index is 1.51. The molecule has 0 aliphatic heterocycles. The Morgan fingerprint density at radius 2 is 1.88 bits per heavy atom. The first-order chi connectivity index (χ1) is 16.1. The zero-order valence-corrected chi connectivity index (χ0v) is 19.7. The standard InChI is InChI=1S/C23H25ClF3N7/c1-4-33-12-20(23(25,26)27)30-22(33)15-7-5-14(6-8-15)9-17(28)18-10-19(32-31-18)21-16(24)11-29-34(21)13(2)3/h5-8,10-13,17H,4,9,28H2,1-3H3,(H,31,32). The van der Waals surface area contributed by atoms with Crippen molar-refractivity contribution in [2.24, 2.45) is 5.73 Å². The first kappa shape index (κ1) is 24.0. The van der Waals surface area contributed by atoms with Crippen LogP contribution in [-0.2, 0) is 19.1 Å². The Bertz CT molecular complexity index is 1270. The zero-order valence-electron chi connectivity index (χ0n) is 18.9. The molecular formula is C23H25ClF3N7. The molecule has 0 saturated carbocycles. The number of nitrogens with two attached hydrogens (primary N) is 1. The summed E-state index contributed by atoms with van der Waals surface area (Å²) in [5.74, 6) is 0.280. The highest BCUT2D eigenvalue weighted by Crippen LogP contribution is 2.32. The molecule has 0 aliphatic carbocycles. The predicted molar refractivity (Wildman–Crippen MR) is 124 cm³/mol. The van der Waals surface area contributed by atoms with Gasteiger partial charge in [0.25, 0.3) is 0 Å². The molecule has 180 valence electrons. The van der Waals surface area contributed by atoms with Crippen LogP contribution in [0, 0.1) is 0 Å². The normalized spacial score (nSPS) is 13.1. The summed E-state index contributed by atoms with van der Waals surface area (Å²) in [4.78, 5) is 3.80. The molecule has 1 unspecified atom stereocenters. The van der Waals surface area contributed by atoms with Crippen LogP contribution in [0.2, 0.25) is 5.02 Å². The molecule has 3 aromatic heterocycles. The maximum absolute atomic E-state index is 13.1. The molecular weight excluding hydrogens is 467 g/mol. The molecule has 7 nitrogen and oxygen atoms in total. The number of H-pyrrole nitrogens is 1. The van der Waals surface area contributed by atoms with Crippen molar-refractivity contribution in [3.63, 3.8) is 0 Å². The van der Waals surface area contributed by atoms with Gasteiger partial charge in [-0.25, -0.2) is 4.98 Å². The van der Waals surface area contributed by atoms with Crippen LogP contribution in [0.25, 0.3) is 22.8 Å². The van der Waals surface area contributed by atoms with E-state index in [1.807, 2.05) is 32.0 Å². The second kappa shape index (κ2) is 9.27. The van der Waals surface area contributed by atoms with Gasteiger partial charge in [-0.3, -0.25) is 9.78 Å². The highest BCUT2D eigenvalue weighted by atomic mass is 35.5. The lowest BCUT2D eigenvalue weighted by molar-refractivity contribution is -0.140. The topological polar surface area (TPSA) is 90.3 Å². The summed E-state index contributed by atoms with van der Waals surface area (Å²) in [7, 11) is 0. The van der Waals surface area contributed by atoms with Gasteiger partial charge < -0.3 is 10.3 Å². The molecule has 0 amide bonds. The van der Waals surface area contributed by atoms with Crippen molar-refractivity contribution in [3.05, 3.63) is 64.7 Å². The highest BCUT2D eigenvalue weighted by Gasteiger charge is 2.34. The van der Waals surface area contributed by atoms with E-state index in [0.717, 1.165) is 23.1 Å². The first-order valence-electron chi connectivity index (χ1n) is 10.9. The van der Waals surface area contributed by atoms with Crippen LogP contribution in [-0.4, -0.2) is 29.5 Å². The molecule has 4 rings (SSSR count). The van der Waals surface area contributed by atoms with E-state index in [1.54, 1.807) is 29.9 Å². The van der Waals surface area contributed by atoms with Crippen LogP contribution >= 0.6 is 11.6 Å². The fraction of sp³-hybridized carbons (Fsp3) is 0.348. The van der Waals surface area contributed by atoms with E-state index in [4.69, 9.17) is 17.3 Å². The molecule has 4 aromatic rings. The van der Waals surface area contributed by atoms with Gasteiger partial charge in [-0.15, -0.1) is 0 Å². The summed E-state index contributed by atoms with van der Waals surface area (Å²) in [6.07, 6.45) is -1.35. The Morgan fingerprint density at radius 1 is 1.18 bits per heavy atom. The average molecular weight is 492 g/mol. The van der Waals surface area contributed by atoms with Gasteiger partial charge in [-0.2, -0.15) is 23.4 Å². The van der Waals surface area contributed by atoms with Crippen LogP contribution in [0.3, 0.4) is 0 Å². The highest BCUT2D eigenvalue weighted by molar-refractivity contribution is 6.32. The minimum absolute atomic E-state index is 0.116. The number of hydrogen-bond acceptors (Lipinski definition) is 4. The lowest BCUT2D eigenvalue weighted by Crippen LogP contribution is -2.13. The summed E-state index contributed by atoms with van der Waals surface area (Å²) in [5, 5.41) is 12.2. The van der Waals surface area contributed by atoms with E-state index in [0.29, 0.717) is 29.2 Å². The number of nitrogens with zero attached hydrogens (tertiary/aromatic N) is 5. The van der Waals surface area contributed by atoms with E-state index < -0.39 is 11.9 Å². The maximum Gasteiger partial charge on any atom is 0.434 e. The van der Waals surface area contributed by atoms with E-state index in [-0.39, 0.29) is 17.9 Å². The monoisotopic (exact) mass is 491 g/mol. The molecule has 0 fully saturated rings. The van der Waals surface area contributed by atoms with Gasteiger partial charge in [0.2, 0.25) is 0 Å². The van der Waals surface area contributed by atoms with Gasteiger partial charge in [0.15, 0.2) is 5.69 Å². The molecule has 3 heterocycles. The zero-order chi connectivity index (χ0) is 24.6. The van der Waals surface area contributed by atoms with E-state index in [9.17, 15) is 13.2 Å². The molecule has 3 N–H and O–H groups in total. The van der Waals surface area contributed by atoms with E-state index in [1.165, 1.54) is 4.57 Å². The summed E-state index contributed by atoms with van der Waals surface area (Å²) < 4.78 is 42.5. The Hall–Kier alpha value is -3.11. The maximum atomic E-state index is 13.1. The van der Waals surface area contributed by atoms with Crippen LogP contribution in [0.5, 0.6) is 0 Å². The third kappa shape index (κ3) is 4.74. The molecule has 0 saturated heterocycles. The van der Waals surface area contributed by atoms with Gasteiger partial charge >= 0.3 is 6.18 Å². The van der Waals surface area contributed by atoms with Crippen molar-refractivity contribution in [1.29, 1.82) is 0 Å². The molecule has 0 bridgehead atoms. The van der Waals surface area contributed by atoms with Gasteiger partial charge in [0.1, 0.15) is 17.2 Å². The smallest absolute Gasteiger partial charge is 0.331 e.